The first-order valence-corrected chi connectivity index (χ1v) is 9.91. The van der Waals surface area contributed by atoms with Crippen LogP contribution in [0.15, 0.2) is 18.2 Å². The summed E-state index contributed by atoms with van der Waals surface area (Å²) in [4.78, 5) is 26.3. The van der Waals surface area contributed by atoms with Gasteiger partial charge in [0.2, 0.25) is 11.8 Å². The smallest absolute Gasteiger partial charge is 0.252 e. The molecule has 10 heteroatoms. The van der Waals surface area contributed by atoms with Crippen molar-refractivity contribution < 1.29 is 18.4 Å². The zero-order valence-electron chi connectivity index (χ0n) is 15.3. The van der Waals surface area contributed by atoms with Gasteiger partial charge in [-0.15, -0.1) is 0 Å². The topological polar surface area (TPSA) is 81.2 Å². The number of hydrogen-bond acceptors (Lipinski definition) is 3. The van der Waals surface area contributed by atoms with Gasteiger partial charge >= 0.3 is 0 Å². The van der Waals surface area contributed by atoms with E-state index >= 15 is 0 Å². The minimum absolute atomic E-state index is 0.0787. The number of fused-ring (bicyclic) bond motifs is 1. The van der Waals surface area contributed by atoms with E-state index in [1.807, 2.05) is 0 Å². The van der Waals surface area contributed by atoms with Gasteiger partial charge in [-0.3, -0.25) is 14.3 Å². The summed E-state index contributed by atoms with van der Waals surface area (Å²) in [5.41, 5.74) is 7.32. The molecule has 0 radical (unpaired) electrons. The van der Waals surface area contributed by atoms with Crippen LogP contribution >= 0.6 is 23.2 Å². The Kier molecular flexibility index (Phi) is 5.02. The number of halogens is 4. The van der Waals surface area contributed by atoms with Gasteiger partial charge in [-0.05, 0) is 18.1 Å². The maximum atomic E-state index is 13.0. The SMILES string of the molecule is NC(=O)c1c(-c2ccc(Cl)c(Cl)c2)nn2c1CN(C(=O)CC1CC(F)(F)C1)CC2. The van der Waals surface area contributed by atoms with E-state index in [9.17, 15) is 18.4 Å². The van der Waals surface area contributed by atoms with Crippen molar-refractivity contribution in [3.63, 3.8) is 0 Å². The Morgan fingerprint density at radius 2 is 1.93 bits per heavy atom. The average Bonchev–Trinajstić information content (AvgIpc) is 3.01. The van der Waals surface area contributed by atoms with Crippen LogP contribution in [0, 0.1) is 5.92 Å². The van der Waals surface area contributed by atoms with Gasteiger partial charge in [0.1, 0.15) is 5.69 Å². The normalized spacial score (nSPS) is 18.3. The molecule has 0 unspecified atom stereocenters. The predicted octanol–water partition coefficient (Wildman–Crippen LogP) is 3.73. The molecule has 6 nitrogen and oxygen atoms in total. The number of nitrogens with two attached hydrogens (primary N) is 1. The van der Waals surface area contributed by atoms with Crippen LogP contribution in [-0.4, -0.2) is 39.0 Å². The number of nitrogens with zero attached hydrogens (tertiary/aromatic N) is 3. The van der Waals surface area contributed by atoms with E-state index in [1.54, 1.807) is 27.8 Å². The van der Waals surface area contributed by atoms with Gasteiger partial charge in [-0.1, -0.05) is 29.3 Å². The molecule has 2 aliphatic rings. The van der Waals surface area contributed by atoms with Crippen LogP contribution in [0.2, 0.25) is 10.0 Å². The highest BCUT2D eigenvalue weighted by atomic mass is 35.5. The molecule has 29 heavy (non-hydrogen) atoms. The summed E-state index contributed by atoms with van der Waals surface area (Å²) in [6.07, 6.45) is -0.424. The highest BCUT2D eigenvalue weighted by Gasteiger charge is 2.46. The summed E-state index contributed by atoms with van der Waals surface area (Å²) >= 11 is 12.0. The number of amides is 2. The molecule has 1 aromatic carbocycles. The van der Waals surface area contributed by atoms with E-state index in [0.717, 1.165) is 0 Å². The number of benzene rings is 1. The third kappa shape index (κ3) is 3.83. The molecule has 2 N–H and O–H groups in total. The third-order valence-corrected chi connectivity index (χ3v) is 6.15. The molecule has 154 valence electrons. The summed E-state index contributed by atoms with van der Waals surface area (Å²) in [7, 11) is 0. The van der Waals surface area contributed by atoms with Crippen LogP contribution in [0.3, 0.4) is 0 Å². The van der Waals surface area contributed by atoms with Crippen molar-refractivity contribution in [3.05, 3.63) is 39.5 Å². The second kappa shape index (κ2) is 7.25. The molecule has 1 saturated carbocycles. The first-order chi connectivity index (χ1) is 13.6. The first kappa shape index (κ1) is 20.1. The highest BCUT2D eigenvalue weighted by Crippen LogP contribution is 2.44. The zero-order valence-corrected chi connectivity index (χ0v) is 16.8. The second-order valence-electron chi connectivity index (χ2n) is 7.54. The van der Waals surface area contributed by atoms with Crippen LogP contribution < -0.4 is 5.73 Å². The summed E-state index contributed by atoms with van der Waals surface area (Å²) in [6, 6.07) is 4.89. The Hall–Kier alpha value is -2.19. The maximum absolute atomic E-state index is 13.0. The molecular formula is C19H18Cl2F2N4O2. The number of aromatic nitrogens is 2. The van der Waals surface area contributed by atoms with Crippen molar-refractivity contribution in [2.24, 2.45) is 11.7 Å². The molecule has 1 aromatic heterocycles. The van der Waals surface area contributed by atoms with E-state index in [4.69, 9.17) is 28.9 Å². The summed E-state index contributed by atoms with van der Waals surface area (Å²) < 4.78 is 27.7. The van der Waals surface area contributed by atoms with Crippen molar-refractivity contribution in [2.45, 2.75) is 38.3 Å². The molecule has 4 rings (SSSR count). The fourth-order valence-corrected chi connectivity index (χ4v) is 4.24. The molecule has 0 spiro atoms. The quantitative estimate of drug-likeness (QED) is 0.782. The fraction of sp³-hybridized carbons (Fsp3) is 0.421. The van der Waals surface area contributed by atoms with Gasteiger partial charge in [0.25, 0.3) is 5.91 Å². The number of carbonyl (C=O) groups is 2. The highest BCUT2D eigenvalue weighted by molar-refractivity contribution is 6.42. The number of primary amides is 1. The molecule has 1 aliphatic carbocycles. The van der Waals surface area contributed by atoms with Gasteiger partial charge in [-0.2, -0.15) is 5.10 Å². The van der Waals surface area contributed by atoms with Crippen molar-refractivity contribution >= 4 is 35.0 Å². The monoisotopic (exact) mass is 442 g/mol. The lowest BCUT2D eigenvalue weighted by atomic mass is 9.79. The summed E-state index contributed by atoms with van der Waals surface area (Å²) in [5, 5.41) is 5.18. The van der Waals surface area contributed by atoms with Gasteiger partial charge in [0.15, 0.2) is 0 Å². The fourth-order valence-electron chi connectivity index (χ4n) is 3.94. The standard InChI is InChI=1S/C19H18Cl2F2N4O2/c20-12-2-1-11(6-13(12)21)17-16(18(24)29)14-9-26(3-4-27(14)25-17)15(28)5-10-7-19(22,23)8-10/h1-2,6,10H,3-5,7-9H2,(H2,24,29). The molecule has 0 atom stereocenters. The minimum atomic E-state index is -2.65. The molecular weight excluding hydrogens is 425 g/mol. The lowest BCUT2D eigenvalue weighted by molar-refractivity contribution is -0.143. The van der Waals surface area contributed by atoms with Gasteiger partial charge < -0.3 is 10.6 Å². The van der Waals surface area contributed by atoms with Crippen LogP contribution in [0.1, 0.15) is 35.3 Å². The Morgan fingerprint density at radius 3 is 2.55 bits per heavy atom. The van der Waals surface area contributed by atoms with E-state index in [0.29, 0.717) is 40.1 Å². The van der Waals surface area contributed by atoms with E-state index in [1.165, 1.54) is 0 Å². The van der Waals surface area contributed by atoms with Crippen LogP contribution in [0.4, 0.5) is 8.78 Å². The lowest BCUT2D eigenvalue weighted by Gasteiger charge is -2.36. The maximum Gasteiger partial charge on any atom is 0.252 e. The molecule has 0 saturated heterocycles. The number of carbonyl (C=O) groups excluding carboxylic acids is 2. The van der Waals surface area contributed by atoms with E-state index in [2.05, 4.69) is 5.10 Å². The first-order valence-electron chi connectivity index (χ1n) is 9.15. The van der Waals surface area contributed by atoms with Gasteiger partial charge in [0.05, 0.1) is 34.4 Å². The largest absolute Gasteiger partial charge is 0.365 e. The second-order valence-corrected chi connectivity index (χ2v) is 8.35. The van der Waals surface area contributed by atoms with Crippen LogP contribution in [0.5, 0.6) is 0 Å². The Bertz CT molecular complexity index is 1000. The Labute approximate surface area is 175 Å². The third-order valence-electron chi connectivity index (χ3n) is 5.41. The Balaban J connectivity index is 1.59. The number of rotatable bonds is 4. The molecule has 2 heterocycles. The summed E-state index contributed by atoms with van der Waals surface area (Å²) in [6.45, 7) is 0.910. The molecule has 0 bridgehead atoms. The molecule has 1 aliphatic heterocycles. The van der Waals surface area contributed by atoms with Crippen LogP contribution in [0.25, 0.3) is 11.3 Å². The van der Waals surface area contributed by atoms with Crippen molar-refractivity contribution in [1.82, 2.24) is 14.7 Å². The van der Waals surface area contributed by atoms with Crippen molar-refractivity contribution in [2.75, 3.05) is 6.54 Å². The molecule has 2 aromatic rings. The van der Waals surface area contributed by atoms with Crippen molar-refractivity contribution in [3.8, 4) is 11.3 Å². The minimum Gasteiger partial charge on any atom is -0.365 e. The number of hydrogen-bond donors (Lipinski definition) is 1. The summed E-state index contributed by atoms with van der Waals surface area (Å²) in [5.74, 6) is -3.82. The zero-order chi connectivity index (χ0) is 20.9. The average molecular weight is 443 g/mol. The number of alkyl halides is 2. The molecule has 2 amide bonds. The predicted molar refractivity (Wildman–Crippen MR) is 104 cm³/mol. The van der Waals surface area contributed by atoms with E-state index < -0.39 is 11.8 Å². The lowest BCUT2D eigenvalue weighted by Crippen LogP contribution is -2.43. The molecule has 1 fully saturated rings. The Morgan fingerprint density at radius 1 is 1.21 bits per heavy atom. The van der Waals surface area contributed by atoms with Crippen LogP contribution in [-0.2, 0) is 17.9 Å². The van der Waals surface area contributed by atoms with Gasteiger partial charge in [-0.25, -0.2) is 8.78 Å². The van der Waals surface area contributed by atoms with Gasteiger partial charge in [0, 0.05) is 31.4 Å². The van der Waals surface area contributed by atoms with E-state index in [-0.39, 0.29) is 43.2 Å². The van der Waals surface area contributed by atoms with Crippen molar-refractivity contribution in [1.29, 1.82) is 0 Å².